The Bertz CT molecular complexity index is 361. The number of aromatic nitrogens is 1. The lowest BCUT2D eigenvalue weighted by Gasteiger charge is -1.90. The van der Waals surface area contributed by atoms with Crippen molar-refractivity contribution in [2.24, 2.45) is 5.73 Å². The van der Waals surface area contributed by atoms with E-state index in [1.54, 1.807) is 11.3 Å². The molecule has 0 aliphatic heterocycles. The molecule has 0 amide bonds. The van der Waals surface area contributed by atoms with Crippen LogP contribution in [0.5, 0.6) is 0 Å². The molecule has 0 atom stereocenters. The molecule has 2 N–H and O–H groups in total. The van der Waals surface area contributed by atoms with Gasteiger partial charge in [-0.1, -0.05) is 6.07 Å². The first kappa shape index (κ1) is 8.66. The highest BCUT2D eigenvalue weighted by atomic mass is 32.1. The molecule has 2 rings (SSSR count). The van der Waals surface area contributed by atoms with Crippen LogP contribution in [0.15, 0.2) is 24.4 Å². The molecule has 2 heterocycles. The van der Waals surface area contributed by atoms with Crippen LogP contribution in [0.25, 0.3) is 10.2 Å². The molecular weight excluding hydrogens is 180 g/mol. The van der Waals surface area contributed by atoms with E-state index in [4.69, 9.17) is 5.73 Å². The standard InChI is InChI=1S/C10H12N2S/c11-5-1-4-9-7-8-3-2-6-12-10(8)13-9/h2-3,6-7H,1,4-5,11H2. The zero-order valence-corrected chi connectivity index (χ0v) is 8.18. The van der Waals surface area contributed by atoms with Crippen molar-refractivity contribution in [3.8, 4) is 0 Å². The van der Waals surface area contributed by atoms with Crippen LogP contribution in [0.4, 0.5) is 0 Å². The number of nitrogens with two attached hydrogens (primary N) is 1. The summed E-state index contributed by atoms with van der Waals surface area (Å²) in [5.41, 5.74) is 5.46. The van der Waals surface area contributed by atoms with Crippen LogP contribution in [0.3, 0.4) is 0 Å². The number of rotatable bonds is 3. The Balaban J connectivity index is 2.28. The van der Waals surface area contributed by atoms with Crippen LogP contribution in [-0.4, -0.2) is 11.5 Å². The first-order chi connectivity index (χ1) is 6.40. The van der Waals surface area contributed by atoms with Crippen molar-refractivity contribution in [1.29, 1.82) is 0 Å². The molecule has 0 bridgehead atoms. The maximum Gasteiger partial charge on any atom is 0.123 e. The fraction of sp³-hybridized carbons (Fsp3) is 0.300. The third-order valence-corrected chi connectivity index (χ3v) is 3.09. The summed E-state index contributed by atoms with van der Waals surface area (Å²) in [7, 11) is 0. The van der Waals surface area contributed by atoms with Gasteiger partial charge >= 0.3 is 0 Å². The smallest absolute Gasteiger partial charge is 0.123 e. The summed E-state index contributed by atoms with van der Waals surface area (Å²) in [6.07, 6.45) is 3.98. The van der Waals surface area contributed by atoms with E-state index in [9.17, 15) is 0 Å². The Hall–Kier alpha value is -0.930. The predicted octanol–water partition coefficient (Wildman–Crippen LogP) is 2.19. The zero-order chi connectivity index (χ0) is 9.10. The van der Waals surface area contributed by atoms with Crippen LogP contribution in [0, 0.1) is 0 Å². The Morgan fingerprint density at radius 2 is 2.38 bits per heavy atom. The van der Waals surface area contributed by atoms with Gasteiger partial charge in [0.2, 0.25) is 0 Å². The van der Waals surface area contributed by atoms with Gasteiger partial charge in [0.25, 0.3) is 0 Å². The van der Waals surface area contributed by atoms with Crippen molar-refractivity contribution in [2.45, 2.75) is 12.8 Å². The van der Waals surface area contributed by atoms with E-state index in [1.165, 1.54) is 10.3 Å². The van der Waals surface area contributed by atoms with Crippen molar-refractivity contribution in [3.63, 3.8) is 0 Å². The summed E-state index contributed by atoms with van der Waals surface area (Å²) in [5.74, 6) is 0. The average molecular weight is 192 g/mol. The normalized spacial score (nSPS) is 10.8. The first-order valence-electron chi connectivity index (χ1n) is 4.43. The second kappa shape index (κ2) is 3.85. The second-order valence-corrected chi connectivity index (χ2v) is 4.12. The highest BCUT2D eigenvalue weighted by Crippen LogP contribution is 2.23. The van der Waals surface area contributed by atoms with Gasteiger partial charge in [-0.3, -0.25) is 0 Å². The molecule has 2 aromatic rings. The molecular formula is C10H12N2S. The monoisotopic (exact) mass is 192 g/mol. The van der Waals surface area contributed by atoms with E-state index in [0.29, 0.717) is 0 Å². The molecule has 13 heavy (non-hydrogen) atoms. The van der Waals surface area contributed by atoms with Gasteiger partial charge in [-0.15, -0.1) is 11.3 Å². The van der Waals surface area contributed by atoms with Crippen molar-refractivity contribution in [3.05, 3.63) is 29.3 Å². The third kappa shape index (κ3) is 1.87. The molecule has 0 unspecified atom stereocenters. The van der Waals surface area contributed by atoms with Gasteiger partial charge in [0.05, 0.1) is 0 Å². The lowest BCUT2D eigenvalue weighted by molar-refractivity contribution is 0.843. The van der Waals surface area contributed by atoms with Crippen LogP contribution in [0.1, 0.15) is 11.3 Å². The van der Waals surface area contributed by atoms with E-state index >= 15 is 0 Å². The molecule has 2 nitrogen and oxygen atoms in total. The third-order valence-electron chi connectivity index (χ3n) is 1.97. The molecule has 0 aromatic carbocycles. The second-order valence-electron chi connectivity index (χ2n) is 3.00. The van der Waals surface area contributed by atoms with Gasteiger partial charge in [-0.25, -0.2) is 4.98 Å². The highest BCUT2D eigenvalue weighted by molar-refractivity contribution is 7.18. The molecule has 3 heteroatoms. The number of nitrogens with zero attached hydrogens (tertiary/aromatic N) is 1. The van der Waals surface area contributed by atoms with E-state index in [1.807, 2.05) is 12.3 Å². The molecule has 0 radical (unpaired) electrons. The Morgan fingerprint density at radius 1 is 1.46 bits per heavy atom. The van der Waals surface area contributed by atoms with Crippen LogP contribution < -0.4 is 5.73 Å². The summed E-state index contributed by atoms with van der Waals surface area (Å²) in [6, 6.07) is 6.29. The van der Waals surface area contributed by atoms with Gasteiger partial charge in [0.15, 0.2) is 0 Å². The molecule has 0 aliphatic rings. The largest absolute Gasteiger partial charge is 0.330 e. The summed E-state index contributed by atoms with van der Waals surface area (Å²) in [4.78, 5) is 6.82. The van der Waals surface area contributed by atoms with Crippen LogP contribution >= 0.6 is 11.3 Å². The number of hydrogen-bond donors (Lipinski definition) is 1. The lowest BCUT2D eigenvalue weighted by atomic mass is 10.2. The molecule has 68 valence electrons. The highest BCUT2D eigenvalue weighted by Gasteiger charge is 2.00. The number of fused-ring (bicyclic) bond motifs is 1. The van der Waals surface area contributed by atoms with E-state index in [2.05, 4.69) is 17.1 Å². The molecule has 0 spiro atoms. The van der Waals surface area contributed by atoms with Crippen molar-refractivity contribution in [1.82, 2.24) is 4.98 Å². The van der Waals surface area contributed by atoms with E-state index in [-0.39, 0.29) is 0 Å². The molecule has 0 saturated heterocycles. The summed E-state index contributed by atoms with van der Waals surface area (Å²) in [5, 5.41) is 1.25. The van der Waals surface area contributed by atoms with E-state index in [0.717, 1.165) is 24.2 Å². The summed E-state index contributed by atoms with van der Waals surface area (Å²) < 4.78 is 0. The summed E-state index contributed by atoms with van der Waals surface area (Å²) in [6.45, 7) is 0.766. The van der Waals surface area contributed by atoms with Gasteiger partial charge in [0, 0.05) is 16.5 Å². The average Bonchev–Trinajstić information content (AvgIpc) is 2.57. The number of pyridine rings is 1. The first-order valence-corrected chi connectivity index (χ1v) is 5.25. The van der Waals surface area contributed by atoms with E-state index < -0.39 is 0 Å². The lowest BCUT2D eigenvalue weighted by Crippen LogP contribution is -1.99. The fourth-order valence-electron chi connectivity index (χ4n) is 1.32. The van der Waals surface area contributed by atoms with Gasteiger partial charge in [-0.05, 0) is 31.5 Å². The number of thiophene rings is 1. The number of aryl methyl sites for hydroxylation is 1. The van der Waals surface area contributed by atoms with Crippen LogP contribution in [0.2, 0.25) is 0 Å². The van der Waals surface area contributed by atoms with Crippen LogP contribution in [-0.2, 0) is 6.42 Å². The maximum atomic E-state index is 5.46. The van der Waals surface area contributed by atoms with Crippen molar-refractivity contribution < 1.29 is 0 Å². The minimum Gasteiger partial charge on any atom is -0.330 e. The van der Waals surface area contributed by atoms with Crippen molar-refractivity contribution in [2.75, 3.05) is 6.54 Å². The minimum atomic E-state index is 0.766. The van der Waals surface area contributed by atoms with Gasteiger partial charge in [0.1, 0.15) is 4.83 Å². The quantitative estimate of drug-likeness (QED) is 0.809. The SMILES string of the molecule is NCCCc1cc2cccnc2s1. The Morgan fingerprint density at radius 3 is 3.15 bits per heavy atom. The molecule has 2 aromatic heterocycles. The zero-order valence-electron chi connectivity index (χ0n) is 7.36. The van der Waals surface area contributed by atoms with Gasteiger partial charge < -0.3 is 5.73 Å². The summed E-state index contributed by atoms with van der Waals surface area (Å²) >= 11 is 1.77. The molecule has 0 aliphatic carbocycles. The van der Waals surface area contributed by atoms with Gasteiger partial charge in [-0.2, -0.15) is 0 Å². The Kier molecular flexibility index (Phi) is 2.57. The predicted molar refractivity (Wildman–Crippen MR) is 57.0 cm³/mol. The minimum absolute atomic E-state index is 0.766. The topological polar surface area (TPSA) is 38.9 Å². The molecule has 0 saturated carbocycles. The Labute approximate surface area is 81.4 Å². The maximum absolute atomic E-state index is 5.46. The molecule has 0 fully saturated rings. The van der Waals surface area contributed by atoms with Crippen molar-refractivity contribution >= 4 is 21.6 Å². The fourth-order valence-corrected chi connectivity index (χ4v) is 2.36. The number of hydrogen-bond acceptors (Lipinski definition) is 3.